The molecule has 31 heavy (non-hydrogen) atoms. The maximum atomic E-state index is 13.3. The van der Waals surface area contributed by atoms with E-state index in [0.29, 0.717) is 46.8 Å². The van der Waals surface area contributed by atoms with Crippen LogP contribution in [0.5, 0.6) is 11.5 Å². The number of ether oxygens (including phenoxy) is 2. The average molecular weight is 443 g/mol. The molecule has 0 aliphatic heterocycles. The quantitative estimate of drug-likeness (QED) is 0.623. The van der Waals surface area contributed by atoms with Crippen molar-refractivity contribution in [2.45, 2.75) is 51.2 Å². The topological polar surface area (TPSA) is 67.9 Å². The minimum Gasteiger partial charge on any atom is -0.493 e. The van der Waals surface area contributed by atoms with Gasteiger partial charge < -0.3 is 19.7 Å². The fourth-order valence-electron chi connectivity index (χ4n) is 3.50. The Bertz CT molecular complexity index is 968. The van der Waals surface area contributed by atoms with Gasteiger partial charge in [-0.3, -0.25) is 9.59 Å². The van der Waals surface area contributed by atoms with Crippen LogP contribution >= 0.6 is 11.6 Å². The molecule has 7 heteroatoms. The molecule has 0 atom stereocenters. The van der Waals surface area contributed by atoms with Crippen molar-refractivity contribution in [2.75, 3.05) is 13.7 Å². The van der Waals surface area contributed by atoms with Crippen LogP contribution in [0.1, 0.15) is 58.9 Å². The second-order valence-corrected chi connectivity index (χ2v) is 8.44. The molecular formula is C24H27ClN2O4. The Morgan fingerprint density at radius 1 is 1.10 bits per heavy atom. The number of nitrogens with one attached hydrogen (secondary N) is 1. The van der Waals surface area contributed by atoms with E-state index >= 15 is 0 Å². The number of hydrogen-bond acceptors (Lipinski definition) is 4. The zero-order valence-corrected chi connectivity index (χ0v) is 18.6. The van der Waals surface area contributed by atoms with Crippen LogP contribution in [0.25, 0.3) is 0 Å². The molecule has 164 valence electrons. The highest BCUT2D eigenvalue weighted by Crippen LogP contribution is 2.38. The third kappa shape index (κ3) is 5.13. The van der Waals surface area contributed by atoms with Gasteiger partial charge in [-0.1, -0.05) is 23.7 Å². The lowest BCUT2D eigenvalue weighted by Gasteiger charge is -2.23. The average Bonchev–Trinajstić information content (AvgIpc) is 3.68. The molecule has 0 radical (unpaired) electrons. The molecule has 0 saturated heterocycles. The molecule has 2 aromatic carbocycles. The Labute approximate surface area is 187 Å². The summed E-state index contributed by atoms with van der Waals surface area (Å²) >= 11 is 6.37. The third-order valence-electron chi connectivity index (χ3n) is 5.50. The number of halogens is 1. The first-order chi connectivity index (χ1) is 15.0. The number of hydrogen-bond donors (Lipinski definition) is 1. The summed E-state index contributed by atoms with van der Waals surface area (Å²) in [6.07, 6.45) is 4.08. The Kier molecular flexibility index (Phi) is 6.37. The van der Waals surface area contributed by atoms with Crippen molar-refractivity contribution < 1.29 is 19.1 Å². The van der Waals surface area contributed by atoms with E-state index in [9.17, 15) is 9.59 Å². The molecule has 2 saturated carbocycles. The van der Waals surface area contributed by atoms with Gasteiger partial charge in [-0.25, -0.2) is 0 Å². The lowest BCUT2D eigenvalue weighted by molar-refractivity contribution is 0.0729. The van der Waals surface area contributed by atoms with Gasteiger partial charge in [0.15, 0.2) is 11.5 Å². The highest BCUT2D eigenvalue weighted by Gasteiger charge is 2.34. The van der Waals surface area contributed by atoms with Crippen LogP contribution in [0.15, 0.2) is 36.4 Å². The van der Waals surface area contributed by atoms with Crippen molar-refractivity contribution in [3.05, 3.63) is 58.1 Å². The smallest absolute Gasteiger partial charge is 0.254 e. The fraction of sp³-hybridized carbons (Fsp3) is 0.417. The first-order valence-corrected chi connectivity index (χ1v) is 11.1. The standard InChI is InChI=1S/C24H27ClN2O4/c1-3-31-22-20(25)12-17(13-21(22)30-2)24(29)27(19-10-11-19)14-15-4-6-16(7-5-15)23(28)26-18-8-9-18/h4-7,12-13,18-19H,3,8-11,14H2,1-2H3,(H,26,28). The number of nitrogens with zero attached hydrogens (tertiary/aromatic N) is 1. The van der Waals surface area contributed by atoms with Gasteiger partial charge in [0, 0.05) is 29.8 Å². The molecule has 2 aliphatic rings. The molecule has 0 aromatic heterocycles. The summed E-state index contributed by atoms with van der Waals surface area (Å²) in [5.41, 5.74) is 2.09. The largest absolute Gasteiger partial charge is 0.493 e. The summed E-state index contributed by atoms with van der Waals surface area (Å²) in [5, 5.41) is 3.34. The molecule has 0 bridgehead atoms. The van der Waals surface area contributed by atoms with Crippen LogP contribution in [-0.4, -0.2) is 42.5 Å². The summed E-state index contributed by atoms with van der Waals surface area (Å²) in [7, 11) is 1.53. The minimum absolute atomic E-state index is 0.0414. The third-order valence-corrected chi connectivity index (χ3v) is 5.78. The van der Waals surface area contributed by atoms with Crippen molar-refractivity contribution >= 4 is 23.4 Å². The Morgan fingerprint density at radius 3 is 2.39 bits per heavy atom. The molecule has 0 unspecified atom stereocenters. The molecule has 2 amide bonds. The van der Waals surface area contributed by atoms with E-state index in [-0.39, 0.29) is 17.9 Å². The molecule has 0 heterocycles. The first kappa shape index (κ1) is 21.5. The normalized spacial score (nSPS) is 15.3. The monoisotopic (exact) mass is 442 g/mol. The van der Waals surface area contributed by atoms with Gasteiger partial charge in [-0.05, 0) is 62.4 Å². The van der Waals surface area contributed by atoms with E-state index in [1.165, 1.54) is 7.11 Å². The maximum Gasteiger partial charge on any atom is 0.254 e. The first-order valence-electron chi connectivity index (χ1n) is 10.7. The van der Waals surface area contributed by atoms with Crippen LogP contribution in [0.4, 0.5) is 0 Å². The molecule has 2 aliphatic carbocycles. The predicted octanol–water partition coefficient (Wildman–Crippen LogP) is 4.44. The summed E-state index contributed by atoms with van der Waals surface area (Å²) < 4.78 is 10.9. The second-order valence-electron chi connectivity index (χ2n) is 8.03. The van der Waals surface area contributed by atoms with Gasteiger partial charge >= 0.3 is 0 Å². The number of carbonyl (C=O) groups excluding carboxylic acids is 2. The van der Waals surface area contributed by atoms with Crippen LogP contribution in [0.3, 0.4) is 0 Å². The van der Waals surface area contributed by atoms with E-state index in [4.69, 9.17) is 21.1 Å². The van der Waals surface area contributed by atoms with Crippen LogP contribution in [0.2, 0.25) is 5.02 Å². The van der Waals surface area contributed by atoms with Crippen molar-refractivity contribution in [1.29, 1.82) is 0 Å². The fourth-order valence-corrected chi connectivity index (χ4v) is 3.77. The van der Waals surface area contributed by atoms with E-state index < -0.39 is 0 Å². The lowest BCUT2D eigenvalue weighted by Crippen LogP contribution is -2.32. The highest BCUT2D eigenvalue weighted by atomic mass is 35.5. The number of amides is 2. The zero-order valence-electron chi connectivity index (χ0n) is 17.8. The zero-order chi connectivity index (χ0) is 22.0. The number of methoxy groups -OCH3 is 1. The molecule has 1 N–H and O–H groups in total. The Balaban J connectivity index is 1.50. The molecule has 4 rings (SSSR count). The van der Waals surface area contributed by atoms with Gasteiger partial charge in [0.2, 0.25) is 0 Å². The SMILES string of the molecule is CCOc1c(Cl)cc(C(=O)N(Cc2ccc(C(=O)NC3CC3)cc2)C2CC2)cc1OC. The van der Waals surface area contributed by atoms with Crippen molar-refractivity contribution in [3.8, 4) is 11.5 Å². The number of carbonyl (C=O) groups is 2. The summed E-state index contributed by atoms with van der Waals surface area (Å²) in [5.74, 6) is 0.752. The van der Waals surface area contributed by atoms with E-state index in [1.54, 1.807) is 12.1 Å². The molecule has 2 fully saturated rings. The maximum absolute atomic E-state index is 13.3. The molecule has 6 nitrogen and oxygen atoms in total. The van der Waals surface area contributed by atoms with Crippen molar-refractivity contribution in [3.63, 3.8) is 0 Å². The minimum atomic E-state index is -0.0960. The summed E-state index contributed by atoms with van der Waals surface area (Å²) in [6, 6.07) is 11.3. The van der Waals surface area contributed by atoms with Gasteiger partial charge in [0.25, 0.3) is 11.8 Å². The number of benzene rings is 2. The van der Waals surface area contributed by atoms with Crippen LogP contribution in [0, 0.1) is 0 Å². The van der Waals surface area contributed by atoms with Crippen molar-refractivity contribution in [1.82, 2.24) is 10.2 Å². The molecular weight excluding hydrogens is 416 g/mol. The van der Waals surface area contributed by atoms with E-state index in [0.717, 1.165) is 31.2 Å². The van der Waals surface area contributed by atoms with Gasteiger partial charge in [0.1, 0.15) is 0 Å². The summed E-state index contributed by atoms with van der Waals surface area (Å²) in [6.45, 7) is 2.79. The second kappa shape index (κ2) is 9.18. The molecule has 2 aromatic rings. The van der Waals surface area contributed by atoms with Crippen LogP contribution < -0.4 is 14.8 Å². The van der Waals surface area contributed by atoms with Gasteiger partial charge in [0.05, 0.1) is 18.7 Å². The Morgan fingerprint density at radius 2 is 1.81 bits per heavy atom. The Hall–Kier alpha value is -2.73. The number of rotatable bonds is 9. The van der Waals surface area contributed by atoms with E-state index in [2.05, 4.69) is 5.32 Å². The van der Waals surface area contributed by atoms with Gasteiger partial charge in [-0.2, -0.15) is 0 Å². The van der Waals surface area contributed by atoms with Gasteiger partial charge in [-0.15, -0.1) is 0 Å². The van der Waals surface area contributed by atoms with E-state index in [1.807, 2.05) is 36.1 Å². The highest BCUT2D eigenvalue weighted by molar-refractivity contribution is 6.32. The molecule has 0 spiro atoms. The van der Waals surface area contributed by atoms with Crippen molar-refractivity contribution in [2.24, 2.45) is 0 Å². The van der Waals surface area contributed by atoms with Crippen LogP contribution in [-0.2, 0) is 6.54 Å². The summed E-state index contributed by atoms with van der Waals surface area (Å²) in [4.78, 5) is 27.4. The predicted molar refractivity (Wildman–Crippen MR) is 119 cm³/mol. The lowest BCUT2D eigenvalue weighted by atomic mass is 10.1.